The first-order valence-corrected chi connectivity index (χ1v) is 7.85. The number of aromatic nitrogens is 3. The number of aryl methyl sites for hydroxylation is 1. The molecular weight excluding hydrogens is 332 g/mol. The van der Waals surface area contributed by atoms with Crippen LogP contribution in [0.2, 0.25) is 0 Å². The molecule has 0 aromatic carbocycles. The predicted molar refractivity (Wildman–Crippen MR) is 82.8 cm³/mol. The zero-order chi connectivity index (χ0) is 14.8. The van der Waals surface area contributed by atoms with E-state index in [9.17, 15) is 4.79 Å². The molecule has 1 aliphatic heterocycles. The lowest BCUT2D eigenvalue weighted by atomic mass is 9.98. The first kappa shape index (κ1) is 14.3. The zero-order valence-corrected chi connectivity index (χ0v) is 13.5. The van der Waals surface area contributed by atoms with Crippen molar-refractivity contribution in [2.75, 3.05) is 6.54 Å². The lowest BCUT2D eigenvalue weighted by molar-refractivity contribution is 0.0600. The number of rotatable bonds is 2. The molecule has 0 spiro atoms. The number of pyridine rings is 1. The van der Waals surface area contributed by atoms with Crippen molar-refractivity contribution in [1.82, 2.24) is 19.7 Å². The van der Waals surface area contributed by atoms with E-state index in [0.717, 1.165) is 36.0 Å². The second-order valence-electron chi connectivity index (χ2n) is 5.28. The summed E-state index contributed by atoms with van der Waals surface area (Å²) < 4.78 is 2.68. The fraction of sp³-hybridized carbons (Fsp3) is 0.400. The van der Waals surface area contributed by atoms with Crippen LogP contribution >= 0.6 is 15.9 Å². The average molecular weight is 349 g/mol. The molecule has 1 saturated heterocycles. The number of halogens is 1. The number of nitrogens with zero attached hydrogens (tertiary/aromatic N) is 4. The van der Waals surface area contributed by atoms with Gasteiger partial charge in [0.2, 0.25) is 0 Å². The van der Waals surface area contributed by atoms with Crippen LogP contribution in [0.4, 0.5) is 0 Å². The van der Waals surface area contributed by atoms with E-state index in [1.807, 2.05) is 28.8 Å². The molecule has 1 unspecified atom stereocenters. The van der Waals surface area contributed by atoms with Crippen molar-refractivity contribution in [3.05, 3.63) is 46.5 Å². The van der Waals surface area contributed by atoms with Gasteiger partial charge in [-0.2, -0.15) is 5.10 Å². The zero-order valence-electron chi connectivity index (χ0n) is 11.9. The molecule has 21 heavy (non-hydrogen) atoms. The summed E-state index contributed by atoms with van der Waals surface area (Å²) in [5, 5.41) is 4.23. The summed E-state index contributed by atoms with van der Waals surface area (Å²) in [6.45, 7) is 0.779. The molecule has 1 fully saturated rings. The fourth-order valence-electron chi connectivity index (χ4n) is 2.89. The highest BCUT2D eigenvalue weighted by molar-refractivity contribution is 9.10. The summed E-state index contributed by atoms with van der Waals surface area (Å²) in [5.41, 5.74) is 1.71. The van der Waals surface area contributed by atoms with Crippen LogP contribution in [0, 0.1) is 0 Å². The average Bonchev–Trinajstić information content (AvgIpc) is 2.92. The molecule has 1 aliphatic rings. The van der Waals surface area contributed by atoms with Gasteiger partial charge in [0.15, 0.2) is 0 Å². The second kappa shape index (κ2) is 5.97. The minimum Gasteiger partial charge on any atom is -0.330 e. The van der Waals surface area contributed by atoms with Gasteiger partial charge < -0.3 is 4.90 Å². The number of amides is 1. The van der Waals surface area contributed by atoms with Crippen LogP contribution in [-0.2, 0) is 7.05 Å². The number of piperidine rings is 1. The standard InChI is InChI=1S/C15H17BrN4O/c1-19-13(5-6-18-19)14-4-2-3-7-20(14)15(21)11-8-12(16)10-17-9-11/h5-6,8-10,14H,2-4,7H2,1H3. The Morgan fingerprint density at radius 2 is 2.24 bits per heavy atom. The molecule has 0 saturated carbocycles. The van der Waals surface area contributed by atoms with E-state index in [0.29, 0.717) is 5.56 Å². The molecular formula is C15H17BrN4O. The Balaban J connectivity index is 1.91. The van der Waals surface area contributed by atoms with E-state index in [4.69, 9.17) is 0 Å². The summed E-state index contributed by atoms with van der Waals surface area (Å²) in [4.78, 5) is 18.8. The van der Waals surface area contributed by atoms with Gasteiger partial charge in [-0.3, -0.25) is 14.5 Å². The lowest BCUT2D eigenvalue weighted by Crippen LogP contribution is -2.39. The summed E-state index contributed by atoms with van der Waals surface area (Å²) in [5.74, 6) is 0.0368. The first-order valence-electron chi connectivity index (χ1n) is 7.06. The van der Waals surface area contributed by atoms with Crippen LogP contribution in [0.3, 0.4) is 0 Å². The van der Waals surface area contributed by atoms with Gasteiger partial charge in [0, 0.05) is 36.7 Å². The highest BCUT2D eigenvalue weighted by atomic mass is 79.9. The number of hydrogen-bond acceptors (Lipinski definition) is 3. The molecule has 3 heterocycles. The maximum absolute atomic E-state index is 12.8. The molecule has 0 N–H and O–H groups in total. The Hall–Kier alpha value is -1.69. The van der Waals surface area contributed by atoms with Crippen molar-refractivity contribution in [2.24, 2.45) is 7.05 Å². The van der Waals surface area contributed by atoms with Crippen LogP contribution < -0.4 is 0 Å². The van der Waals surface area contributed by atoms with Gasteiger partial charge in [-0.1, -0.05) is 0 Å². The Morgan fingerprint density at radius 3 is 2.95 bits per heavy atom. The van der Waals surface area contributed by atoms with Gasteiger partial charge in [-0.25, -0.2) is 0 Å². The van der Waals surface area contributed by atoms with E-state index in [1.54, 1.807) is 18.6 Å². The fourth-order valence-corrected chi connectivity index (χ4v) is 3.25. The van der Waals surface area contributed by atoms with Gasteiger partial charge in [0.05, 0.1) is 17.3 Å². The summed E-state index contributed by atoms with van der Waals surface area (Å²) in [6, 6.07) is 3.91. The Bertz CT molecular complexity index is 655. The van der Waals surface area contributed by atoms with E-state index >= 15 is 0 Å². The summed E-state index contributed by atoms with van der Waals surface area (Å²) >= 11 is 3.37. The molecule has 0 radical (unpaired) electrons. The van der Waals surface area contributed by atoms with Gasteiger partial charge in [-0.05, 0) is 47.3 Å². The third-order valence-electron chi connectivity index (χ3n) is 3.92. The van der Waals surface area contributed by atoms with Crippen molar-refractivity contribution in [3.8, 4) is 0 Å². The number of hydrogen-bond donors (Lipinski definition) is 0. The first-order chi connectivity index (χ1) is 10.2. The largest absolute Gasteiger partial charge is 0.330 e. The highest BCUT2D eigenvalue weighted by Crippen LogP contribution is 2.31. The molecule has 110 valence electrons. The van der Waals surface area contributed by atoms with Crippen molar-refractivity contribution in [2.45, 2.75) is 25.3 Å². The SMILES string of the molecule is Cn1nccc1C1CCCCN1C(=O)c1cncc(Br)c1. The van der Waals surface area contributed by atoms with Crippen LogP contribution in [0.1, 0.15) is 41.4 Å². The summed E-state index contributed by atoms with van der Waals surface area (Å²) in [6.07, 6.45) is 8.26. The molecule has 3 rings (SSSR count). The van der Waals surface area contributed by atoms with Crippen LogP contribution in [0.25, 0.3) is 0 Å². The lowest BCUT2D eigenvalue weighted by Gasteiger charge is -2.35. The quantitative estimate of drug-likeness (QED) is 0.838. The van der Waals surface area contributed by atoms with Crippen molar-refractivity contribution < 1.29 is 4.79 Å². The Morgan fingerprint density at radius 1 is 1.38 bits per heavy atom. The number of carbonyl (C=O) groups excluding carboxylic acids is 1. The van der Waals surface area contributed by atoms with Crippen molar-refractivity contribution in [3.63, 3.8) is 0 Å². The summed E-state index contributed by atoms with van der Waals surface area (Å²) in [7, 11) is 1.92. The highest BCUT2D eigenvalue weighted by Gasteiger charge is 2.30. The van der Waals surface area contributed by atoms with Crippen LogP contribution in [0.5, 0.6) is 0 Å². The molecule has 0 aliphatic carbocycles. The Labute approximate surface area is 132 Å². The van der Waals surface area contributed by atoms with E-state index in [1.165, 1.54) is 0 Å². The van der Waals surface area contributed by atoms with Crippen molar-refractivity contribution >= 4 is 21.8 Å². The van der Waals surface area contributed by atoms with Crippen LogP contribution in [0.15, 0.2) is 35.2 Å². The van der Waals surface area contributed by atoms with Crippen LogP contribution in [-0.4, -0.2) is 32.1 Å². The maximum Gasteiger partial charge on any atom is 0.256 e. The smallest absolute Gasteiger partial charge is 0.256 e. The molecule has 6 heteroatoms. The van der Waals surface area contributed by atoms with Gasteiger partial charge in [0.25, 0.3) is 5.91 Å². The topological polar surface area (TPSA) is 51.0 Å². The van der Waals surface area contributed by atoms with Gasteiger partial charge in [-0.15, -0.1) is 0 Å². The molecule has 5 nitrogen and oxygen atoms in total. The minimum absolute atomic E-state index is 0.0368. The van der Waals surface area contributed by atoms with Gasteiger partial charge in [0.1, 0.15) is 0 Å². The van der Waals surface area contributed by atoms with Gasteiger partial charge >= 0.3 is 0 Å². The third kappa shape index (κ3) is 2.85. The molecule has 1 amide bonds. The predicted octanol–water partition coefficient (Wildman–Crippen LogP) is 2.95. The molecule has 0 bridgehead atoms. The van der Waals surface area contributed by atoms with E-state index in [-0.39, 0.29) is 11.9 Å². The maximum atomic E-state index is 12.8. The van der Waals surface area contributed by atoms with E-state index in [2.05, 4.69) is 26.0 Å². The molecule has 2 aromatic heterocycles. The normalized spacial score (nSPS) is 18.8. The van der Waals surface area contributed by atoms with Crippen molar-refractivity contribution in [1.29, 1.82) is 0 Å². The molecule has 1 atom stereocenters. The third-order valence-corrected chi connectivity index (χ3v) is 4.35. The number of carbonyl (C=O) groups is 1. The second-order valence-corrected chi connectivity index (χ2v) is 6.20. The minimum atomic E-state index is 0.0368. The monoisotopic (exact) mass is 348 g/mol. The molecule has 2 aromatic rings. The Kier molecular flexibility index (Phi) is 4.05. The number of likely N-dealkylation sites (tertiary alicyclic amines) is 1. The van der Waals surface area contributed by atoms with E-state index < -0.39 is 0 Å².